The Kier molecular flexibility index (Phi) is 9.35. The number of carbonyl (C=O) groups excluding carboxylic acids is 3. The monoisotopic (exact) mass is 476 g/mol. The Bertz CT molecular complexity index is 947. The zero-order chi connectivity index (χ0) is 23.6. The summed E-state index contributed by atoms with van der Waals surface area (Å²) in [5.41, 5.74) is 1.13. The molecule has 1 aliphatic heterocycles. The summed E-state index contributed by atoms with van der Waals surface area (Å²) in [6.07, 6.45) is 5.25. The first kappa shape index (κ1) is 24.8. The maximum Gasteiger partial charge on any atom is 0.373 e. The highest BCUT2D eigenvalue weighted by Crippen LogP contribution is 2.32. The molecular formula is C24H29FN2O5S. The van der Waals surface area contributed by atoms with Crippen LogP contribution in [0.5, 0.6) is 0 Å². The molecule has 0 saturated carbocycles. The van der Waals surface area contributed by atoms with Crippen molar-refractivity contribution >= 4 is 29.5 Å². The van der Waals surface area contributed by atoms with Gasteiger partial charge in [0.2, 0.25) is 17.6 Å². The van der Waals surface area contributed by atoms with E-state index < -0.39 is 5.97 Å². The van der Waals surface area contributed by atoms with Gasteiger partial charge in [0.05, 0.1) is 24.7 Å². The molecule has 1 aromatic carbocycles. The van der Waals surface area contributed by atoms with E-state index in [1.54, 1.807) is 17.0 Å². The standard InChI is InChI=1S/C24H29FN2O5S/c1-31-24(30)20-12-11-19(32-20)16-33-23-14-22(29)27(23)15-21(28)26-13-5-3-2-4-6-17-7-9-18(25)10-8-17/h7-12,23H,2-6,13-16H2,1H3,(H,26,28). The number of thioether (sulfide) groups is 1. The number of β-lactam (4-membered cyclic amide) rings is 1. The van der Waals surface area contributed by atoms with Crippen molar-refractivity contribution in [1.29, 1.82) is 0 Å². The van der Waals surface area contributed by atoms with Crippen molar-refractivity contribution in [3.63, 3.8) is 0 Å². The van der Waals surface area contributed by atoms with E-state index >= 15 is 0 Å². The number of nitrogens with zero attached hydrogens (tertiary/aromatic N) is 1. The fourth-order valence-electron chi connectivity index (χ4n) is 3.51. The van der Waals surface area contributed by atoms with Crippen LogP contribution in [0.25, 0.3) is 0 Å². The van der Waals surface area contributed by atoms with Crippen molar-refractivity contribution in [2.45, 2.75) is 49.7 Å². The predicted molar refractivity (Wildman–Crippen MR) is 123 cm³/mol. The van der Waals surface area contributed by atoms with Crippen LogP contribution in [0, 0.1) is 5.82 Å². The molecule has 7 nitrogen and oxygen atoms in total. The van der Waals surface area contributed by atoms with E-state index in [1.165, 1.54) is 31.0 Å². The number of hydrogen-bond acceptors (Lipinski definition) is 6. The first-order valence-corrected chi connectivity index (χ1v) is 12.1. The van der Waals surface area contributed by atoms with Crippen molar-refractivity contribution in [3.05, 3.63) is 59.3 Å². The van der Waals surface area contributed by atoms with E-state index in [4.69, 9.17) is 4.42 Å². The van der Waals surface area contributed by atoms with E-state index in [-0.39, 0.29) is 35.3 Å². The van der Waals surface area contributed by atoms with Crippen LogP contribution in [0.1, 0.15) is 54.0 Å². The number of halogens is 1. The second-order valence-corrected chi connectivity index (χ2v) is 9.06. The van der Waals surface area contributed by atoms with E-state index in [0.29, 0.717) is 24.5 Å². The summed E-state index contributed by atoms with van der Waals surface area (Å²) in [5, 5.41) is 2.80. The quantitative estimate of drug-likeness (QED) is 0.268. The Morgan fingerprint density at radius 2 is 1.91 bits per heavy atom. The number of unbranched alkanes of at least 4 members (excludes halogenated alkanes) is 3. The Morgan fingerprint density at radius 3 is 2.64 bits per heavy atom. The van der Waals surface area contributed by atoms with Gasteiger partial charge in [-0.2, -0.15) is 0 Å². The molecule has 33 heavy (non-hydrogen) atoms. The molecule has 0 radical (unpaired) electrons. The lowest BCUT2D eigenvalue weighted by Crippen LogP contribution is -2.54. The third kappa shape index (κ3) is 7.63. The molecule has 1 aromatic heterocycles. The third-order valence-electron chi connectivity index (χ3n) is 5.43. The van der Waals surface area contributed by atoms with Gasteiger partial charge in [-0.3, -0.25) is 9.59 Å². The van der Waals surface area contributed by atoms with E-state index in [1.807, 2.05) is 12.1 Å². The van der Waals surface area contributed by atoms with Gasteiger partial charge in [0.15, 0.2) is 0 Å². The van der Waals surface area contributed by atoms with Gasteiger partial charge in [0.1, 0.15) is 18.1 Å². The van der Waals surface area contributed by atoms with E-state index in [0.717, 1.165) is 37.7 Å². The molecule has 1 N–H and O–H groups in total. The fourth-order valence-corrected chi connectivity index (χ4v) is 4.65. The second kappa shape index (κ2) is 12.4. The highest BCUT2D eigenvalue weighted by Gasteiger charge is 2.37. The summed E-state index contributed by atoms with van der Waals surface area (Å²) in [6, 6.07) is 9.85. The Balaban J connectivity index is 1.26. The molecule has 2 heterocycles. The van der Waals surface area contributed by atoms with Crippen LogP contribution >= 0.6 is 11.8 Å². The van der Waals surface area contributed by atoms with Crippen molar-refractivity contribution in [1.82, 2.24) is 10.2 Å². The molecule has 1 atom stereocenters. The van der Waals surface area contributed by atoms with E-state index in [9.17, 15) is 18.8 Å². The molecule has 1 fully saturated rings. The summed E-state index contributed by atoms with van der Waals surface area (Å²) in [6.45, 7) is 0.630. The number of ether oxygens (including phenoxy) is 1. The topological polar surface area (TPSA) is 88.9 Å². The molecular weight excluding hydrogens is 447 g/mol. The highest BCUT2D eigenvalue weighted by molar-refractivity contribution is 7.99. The third-order valence-corrected chi connectivity index (χ3v) is 6.68. The van der Waals surface area contributed by atoms with Crippen LogP contribution in [-0.2, 0) is 26.5 Å². The van der Waals surface area contributed by atoms with Gasteiger partial charge in [-0.1, -0.05) is 25.0 Å². The number of rotatable bonds is 13. The number of aryl methyl sites for hydroxylation is 1. The number of carbonyl (C=O) groups is 3. The molecule has 1 saturated heterocycles. The van der Waals surface area contributed by atoms with Crippen LogP contribution in [0.2, 0.25) is 0 Å². The second-order valence-electron chi connectivity index (χ2n) is 7.89. The summed E-state index contributed by atoms with van der Waals surface area (Å²) >= 11 is 1.50. The fraction of sp³-hybridized carbons (Fsp3) is 0.458. The van der Waals surface area contributed by atoms with Gasteiger partial charge in [0.25, 0.3) is 0 Å². The number of esters is 1. The van der Waals surface area contributed by atoms with Gasteiger partial charge < -0.3 is 19.4 Å². The minimum Gasteiger partial charge on any atom is -0.463 e. The van der Waals surface area contributed by atoms with Crippen LogP contribution in [0.15, 0.2) is 40.8 Å². The summed E-state index contributed by atoms with van der Waals surface area (Å²) in [7, 11) is 1.29. The average molecular weight is 477 g/mol. The summed E-state index contributed by atoms with van der Waals surface area (Å²) in [5.74, 6) is 0.296. The highest BCUT2D eigenvalue weighted by atomic mass is 32.2. The normalized spacial score (nSPS) is 15.3. The van der Waals surface area contributed by atoms with Crippen LogP contribution in [0.3, 0.4) is 0 Å². The lowest BCUT2D eigenvalue weighted by atomic mass is 10.1. The van der Waals surface area contributed by atoms with Gasteiger partial charge in [0, 0.05) is 6.54 Å². The lowest BCUT2D eigenvalue weighted by Gasteiger charge is -2.39. The zero-order valence-corrected chi connectivity index (χ0v) is 19.5. The Labute approximate surface area is 197 Å². The van der Waals surface area contributed by atoms with Gasteiger partial charge >= 0.3 is 5.97 Å². The Hall–Kier alpha value is -2.81. The van der Waals surface area contributed by atoms with Crippen molar-refractivity contribution in [2.75, 3.05) is 20.2 Å². The smallest absolute Gasteiger partial charge is 0.373 e. The number of benzene rings is 1. The zero-order valence-electron chi connectivity index (χ0n) is 18.7. The molecule has 2 amide bonds. The largest absolute Gasteiger partial charge is 0.463 e. The van der Waals surface area contributed by atoms with Crippen LogP contribution in [0.4, 0.5) is 4.39 Å². The molecule has 0 bridgehead atoms. The number of likely N-dealkylation sites (tertiary alicyclic amines) is 1. The maximum atomic E-state index is 12.9. The molecule has 3 rings (SSSR count). The molecule has 9 heteroatoms. The molecule has 0 spiro atoms. The molecule has 1 unspecified atom stereocenters. The van der Waals surface area contributed by atoms with Gasteiger partial charge in [-0.05, 0) is 49.1 Å². The Morgan fingerprint density at radius 1 is 1.15 bits per heavy atom. The minimum absolute atomic E-state index is 0.0434. The first-order chi connectivity index (χ1) is 16.0. The summed E-state index contributed by atoms with van der Waals surface area (Å²) < 4.78 is 22.9. The molecule has 2 aromatic rings. The molecule has 0 aliphatic carbocycles. The van der Waals surface area contributed by atoms with Crippen molar-refractivity contribution < 1.29 is 27.9 Å². The predicted octanol–water partition coefficient (Wildman–Crippen LogP) is 3.92. The van der Waals surface area contributed by atoms with Crippen molar-refractivity contribution in [3.8, 4) is 0 Å². The number of nitrogens with one attached hydrogen (secondary N) is 1. The number of furan rings is 1. The number of methoxy groups -OCH3 is 1. The lowest BCUT2D eigenvalue weighted by molar-refractivity contribution is -0.145. The van der Waals surface area contributed by atoms with Crippen LogP contribution in [-0.4, -0.2) is 48.3 Å². The average Bonchev–Trinajstić information content (AvgIpc) is 3.29. The maximum absolute atomic E-state index is 12.9. The van der Waals surface area contributed by atoms with E-state index in [2.05, 4.69) is 10.1 Å². The summed E-state index contributed by atoms with van der Waals surface area (Å²) in [4.78, 5) is 37.1. The van der Waals surface area contributed by atoms with Gasteiger partial charge in [-0.15, -0.1) is 11.8 Å². The first-order valence-electron chi connectivity index (χ1n) is 11.1. The molecule has 178 valence electrons. The number of amides is 2. The molecule has 1 aliphatic rings. The van der Waals surface area contributed by atoms with Gasteiger partial charge in [-0.25, -0.2) is 9.18 Å². The SMILES string of the molecule is COC(=O)c1ccc(CSC2CC(=O)N2CC(=O)NCCCCCCc2ccc(F)cc2)o1. The van der Waals surface area contributed by atoms with Crippen LogP contribution < -0.4 is 5.32 Å². The number of hydrogen-bond donors (Lipinski definition) is 1. The van der Waals surface area contributed by atoms with Crippen molar-refractivity contribution in [2.24, 2.45) is 0 Å². The minimum atomic E-state index is -0.531.